The Hall–Kier alpha value is -1.40. The zero-order chi connectivity index (χ0) is 15.0. The second kappa shape index (κ2) is 5.77. The van der Waals surface area contributed by atoms with Crippen LogP contribution in [0.5, 0.6) is 5.75 Å². The van der Waals surface area contributed by atoms with E-state index in [4.69, 9.17) is 10.5 Å². The second-order valence-electron chi connectivity index (χ2n) is 4.90. The van der Waals surface area contributed by atoms with Crippen molar-refractivity contribution >= 4 is 32.4 Å². The van der Waals surface area contributed by atoms with Crippen molar-refractivity contribution in [1.29, 1.82) is 0 Å². The lowest BCUT2D eigenvalue weighted by Gasteiger charge is -2.11. The highest BCUT2D eigenvalue weighted by atomic mass is 79.9. The van der Waals surface area contributed by atoms with Crippen LogP contribution >= 0.6 is 15.9 Å². The van der Waals surface area contributed by atoms with Crippen LogP contribution in [0.3, 0.4) is 0 Å². The highest BCUT2D eigenvalue weighted by Gasteiger charge is 2.26. The summed E-state index contributed by atoms with van der Waals surface area (Å²) in [4.78, 5) is 0.690. The van der Waals surface area contributed by atoms with Crippen molar-refractivity contribution in [2.75, 3.05) is 11.5 Å². The minimum Gasteiger partial charge on any atom is -0.489 e. The van der Waals surface area contributed by atoms with Crippen LogP contribution in [0.1, 0.15) is 5.56 Å². The molecule has 0 amide bonds. The quantitative estimate of drug-likeness (QED) is 0.844. The molecule has 3 rings (SSSR count). The molecule has 1 aliphatic rings. The average Bonchev–Trinajstić information content (AvgIpc) is 2.79. The van der Waals surface area contributed by atoms with Gasteiger partial charge in [0.05, 0.1) is 21.4 Å². The Bertz CT molecular complexity index is 723. The number of fused-ring (bicyclic) bond motifs is 1. The first-order valence-corrected chi connectivity index (χ1v) is 8.52. The number of halogens is 2. The highest BCUT2D eigenvalue weighted by Crippen LogP contribution is 2.31. The van der Waals surface area contributed by atoms with E-state index in [1.54, 1.807) is 24.3 Å². The SMILES string of the molecule is Nc1ccc(S(=O)CC2Cc3cc(F)ccc3O2)c(Br)c1. The van der Waals surface area contributed by atoms with Gasteiger partial charge in [0.2, 0.25) is 0 Å². The molecule has 1 heterocycles. The van der Waals surface area contributed by atoms with Gasteiger partial charge in [-0.15, -0.1) is 0 Å². The number of hydrogen-bond donors (Lipinski definition) is 1. The molecular weight excluding hydrogens is 357 g/mol. The van der Waals surface area contributed by atoms with Crippen molar-refractivity contribution < 1.29 is 13.3 Å². The third-order valence-electron chi connectivity index (χ3n) is 3.30. The van der Waals surface area contributed by atoms with Gasteiger partial charge in [-0.3, -0.25) is 4.21 Å². The van der Waals surface area contributed by atoms with Crippen LogP contribution < -0.4 is 10.5 Å². The Morgan fingerprint density at radius 2 is 2.14 bits per heavy atom. The Balaban J connectivity index is 1.72. The van der Waals surface area contributed by atoms with Gasteiger partial charge in [0, 0.05) is 22.1 Å². The van der Waals surface area contributed by atoms with E-state index in [9.17, 15) is 8.60 Å². The van der Waals surface area contributed by atoms with Crippen LogP contribution in [0.4, 0.5) is 10.1 Å². The molecule has 6 heteroatoms. The van der Waals surface area contributed by atoms with Crippen LogP contribution in [0.2, 0.25) is 0 Å². The first kappa shape index (κ1) is 14.5. The zero-order valence-electron chi connectivity index (χ0n) is 11.0. The van der Waals surface area contributed by atoms with E-state index in [1.165, 1.54) is 12.1 Å². The fourth-order valence-corrected chi connectivity index (χ4v) is 4.48. The van der Waals surface area contributed by atoms with Gasteiger partial charge >= 0.3 is 0 Å². The number of rotatable bonds is 3. The smallest absolute Gasteiger partial charge is 0.123 e. The highest BCUT2D eigenvalue weighted by molar-refractivity contribution is 9.10. The second-order valence-corrected chi connectivity index (χ2v) is 7.22. The number of anilines is 1. The molecule has 2 aromatic carbocycles. The molecule has 0 saturated carbocycles. The van der Waals surface area contributed by atoms with E-state index >= 15 is 0 Å². The van der Waals surface area contributed by atoms with Crippen LogP contribution in [0.25, 0.3) is 0 Å². The normalized spacial score (nSPS) is 18.1. The van der Waals surface area contributed by atoms with Crippen molar-refractivity contribution in [3.8, 4) is 5.75 Å². The van der Waals surface area contributed by atoms with E-state index in [0.29, 0.717) is 28.5 Å². The fraction of sp³-hybridized carbons (Fsp3) is 0.200. The van der Waals surface area contributed by atoms with E-state index < -0.39 is 10.8 Å². The van der Waals surface area contributed by atoms with Crippen LogP contribution in [0, 0.1) is 5.82 Å². The Morgan fingerprint density at radius 1 is 1.33 bits per heavy atom. The molecule has 0 spiro atoms. The Labute approximate surface area is 132 Å². The van der Waals surface area contributed by atoms with Gasteiger partial charge in [0.25, 0.3) is 0 Å². The summed E-state index contributed by atoms with van der Waals surface area (Å²) in [5.41, 5.74) is 7.11. The van der Waals surface area contributed by atoms with Gasteiger partial charge in [-0.2, -0.15) is 0 Å². The molecule has 3 nitrogen and oxygen atoms in total. The molecule has 0 aliphatic carbocycles. The average molecular weight is 370 g/mol. The maximum absolute atomic E-state index is 13.2. The number of nitrogen functional groups attached to an aromatic ring is 1. The van der Waals surface area contributed by atoms with E-state index in [0.717, 1.165) is 10.0 Å². The van der Waals surface area contributed by atoms with Crippen LogP contribution in [-0.2, 0) is 17.2 Å². The van der Waals surface area contributed by atoms with E-state index in [-0.39, 0.29) is 11.9 Å². The molecule has 2 unspecified atom stereocenters. The summed E-state index contributed by atoms with van der Waals surface area (Å²) < 4.78 is 32.1. The van der Waals surface area contributed by atoms with Crippen molar-refractivity contribution in [1.82, 2.24) is 0 Å². The monoisotopic (exact) mass is 369 g/mol. The minimum atomic E-state index is -1.21. The van der Waals surface area contributed by atoms with Gasteiger partial charge in [0.1, 0.15) is 17.7 Å². The molecule has 2 atom stereocenters. The zero-order valence-corrected chi connectivity index (χ0v) is 13.4. The lowest BCUT2D eigenvalue weighted by atomic mass is 10.1. The van der Waals surface area contributed by atoms with Gasteiger partial charge < -0.3 is 10.5 Å². The summed E-state index contributed by atoms with van der Waals surface area (Å²) in [5, 5.41) is 0. The van der Waals surface area contributed by atoms with E-state index in [1.807, 2.05) is 0 Å². The molecule has 0 bridgehead atoms. The molecule has 2 N–H and O–H groups in total. The first-order valence-electron chi connectivity index (χ1n) is 6.41. The van der Waals surface area contributed by atoms with Crippen molar-refractivity contribution in [3.05, 3.63) is 52.3 Å². The predicted molar refractivity (Wildman–Crippen MR) is 84.3 cm³/mol. The number of nitrogens with two attached hydrogens (primary N) is 1. The fourth-order valence-electron chi connectivity index (χ4n) is 2.34. The standard InChI is InChI=1S/C15H13BrFNO2S/c16-13-7-11(18)2-4-15(13)21(19)8-12-6-9-5-10(17)1-3-14(9)20-12/h1-5,7,12H,6,8,18H2. The maximum atomic E-state index is 13.2. The minimum absolute atomic E-state index is 0.202. The largest absolute Gasteiger partial charge is 0.489 e. The van der Waals surface area contributed by atoms with Crippen molar-refractivity contribution in [2.45, 2.75) is 17.4 Å². The third kappa shape index (κ3) is 3.11. The summed E-state index contributed by atoms with van der Waals surface area (Å²) in [6.07, 6.45) is 0.373. The van der Waals surface area contributed by atoms with Crippen molar-refractivity contribution in [3.63, 3.8) is 0 Å². The lowest BCUT2D eigenvalue weighted by Crippen LogP contribution is -2.21. The van der Waals surface area contributed by atoms with Crippen LogP contribution in [-0.4, -0.2) is 16.1 Å². The van der Waals surface area contributed by atoms with Gasteiger partial charge in [-0.1, -0.05) is 0 Å². The first-order chi connectivity index (χ1) is 10.0. The van der Waals surface area contributed by atoms with E-state index in [2.05, 4.69) is 15.9 Å². The molecule has 0 saturated heterocycles. The van der Waals surface area contributed by atoms with Gasteiger partial charge in [0.15, 0.2) is 0 Å². The van der Waals surface area contributed by atoms with Crippen molar-refractivity contribution in [2.24, 2.45) is 0 Å². The Morgan fingerprint density at radius 3 is 2.90 bits per heavy atom. The molecule has 0 radical (unpaired) electrons. The predicted octanol–water partition coefficient (Wildman–Crippen LogP) is 3.28. The molecule has 0 fully saturated rings. The summed E-state index contributed by atoms with van der Waals surface area (Å²) in [6, 6.07) is 9.65. The van der Waals surface area contributed by atoms with Gasteiger partial charge in [-0.25, -0.2) is 4.39 Å². The summed E-state index contributed by atoms with van der Waals surface area (Å²) in [7, 11) is -1.21. The number of benzene rings is 2. The van der Waals surface area contributed by atoms with Gasteiger partial charge in [-0.05, 0) is 52.3 Å². The molecule has 2 aromatic rings. The number of ether oxygens (including phenoxy) is 1. The summed E-state index contributed by atoms with van der Waals surface area (Å²) >= 11 is 3.37. The maximum Gasteiger partial charge on any atom is 0.123 e. The Kier molecular flexibility index (Phi) is 3.99. The molecule has 21 heavy (non-hydrogen) atoms. The molecular formula is C15H13BrFNO2S. The topological polar surface area (TPSA) is 52.3 Å². The molecule has 110 valence electrons. The van der Waals surface area contributed by atoms with Crippen LogP contribution in [0.15, 0.2) is 45.8 Å². The molecule has 1 aliphatic heterocycles. The third-order valence-corrected chi connectivity index (χ3v) is 5.74. The molecule has 0 aromatic heterocycles. The summed E-state index contributed by atoms with van der Waals surface area (Å²) in [5.74, 6) is 0.758. The number of hydrogen-bond acceptors (Lipinski definition) is 3. The lowest BCUT2D eigenvalue weighted by molar-refractivity contribution is 0.258. The summed E-state index contributed by atoms with van der Waals surface area (Å²) in [6.45, 7) is 0.